The summed E-state index contributed by atoms with van der Waals surface area (Å²) in [7, 11) is -3.33. The van der Waals surface area contributed by atoms with Crippen LogP contribution in [0.5, 0.6) is 0 Å². The van der Waals surface area contributed by atoms with Crippen LogP contribution in [0, 0.1) is 0 Å². The molecular weight excluding hydrogens is 544 g/mol. The zero-order chi connectivity index (χ0) is 27.8. The van der Waals surface area contributed by atoms with Crippen LogP contribution in [-0.4, -0.2) is 78.5 Å². The van der Waals surface area contributed by atoms with Crippen molar-refractivity contribution in [1.82, 2.24) is 20.0 Å². The number of halogens is 1. The summed E-state index contributed by atoms with van der Waals surface area (Å²) in [6.45, 7) is 3.75. The minimum atomic E-state index is -3.33. The van der Waals surface area contributed by atoms with Gasteiger partial charge >= 0.3 is 0 Å². The number of fused-ring (bicyclic) bond motifs is 1. The van der Waals surface area contributed by atoms with Gasteiger partial charge < -0.3 is 15.2 Å². The van der Waals surface area contributed by atoms with E-state index in [9.17, 15) is 18.0 Å². The van der Waals surface area contributed by atoms with Crippen molar-refractivity contribution in [2.24, 2.45) is 0 Å². The molecule has 0 bridgehead atoms. The van der Waals surface area contributed by atoms with Gasteiger partial charge in [0.1, 0.15) is 9.84 Å². The van der Waals surface area contributed by atoms with E-state index in [4.69, 9.17) is 21.4 Å². The third-order valence-corrected chi connectivity index (χ3v) is 8.62. The fourth-order valence-electron chi connectivity index (χ4n) is 4.46. The number of hydrogen-bond acceptors (Lipinski definition) is 8. The number of rotatable bonds is 12. The summed E-state index contributed by atoms with van der Waals surface area (Å²) in [6.07, 6.45) is 0.436. The number of morpholine rings is 1. The second kappa shape index (κ2) is 13.5. The second-order valence-electron chi connectivity index (χ2n) is 9.53. The van der Waals surface area contributed by atoms with Crippen LogP contribution in [0.2, 0.25) is 5.02 Å². The fourth-order valence-corrected chi connectivity index (χ4v) is 5.93. The van der Waals surface area contributed by atoms with Gasteiger partial charge in [-0.1, -0.05) is 29.8 Å². The highest BCUT2D eigenvalue weighted by atomic mass is 35.5. The standard InChI is InChI=1S/C27H33ClN4O6S/c28-22-6-3-20(4-7-22)18-29-27(35)25-26(34)23-17-21(19-31-10-13-38-14-11-31)5-8-24(23)32(30-25)9-1-15-39(36,37)16-2-12-33/h3-8,17,33H,1-2,9-16,18-19H2,(H,29,35). The number of aryl methyl sites for hydroxylation is 1. The van der Waals surface area contributed by atoms with Gasteiger partial charge in [0.05, 0.1) is 35.6 Å². The van der Waals surface area contributed by atoms with E-state index in [1.54, 1.807) is 36.4 Å². The van der Waals surface area contributed by atoms with Gasteiger partial charge in [-0.25, -0.2) is 8.42 Å². The molecule has 2 heterocycles. The molecule has 1 aliphatic rings. The molecule has 10 nitrogen and oxygen atoms in total. The van der Waals surface area contributed by atoms with Crippen molar-refractivity contribution in [3.63, 3.8) is 0 Å². The minimum absolute atomic E-state index is 0.0878. The van der Waals surface area contributed by atoms with Crippen LogP contribution in [0.25, 0.3) is 10.9 Å². The van der Waals surface area contributed by atoms with E-state index in [0.717, 1.165) is 24.2 Å². The van der Waals surface area contributed by atoms with Crippen LogP contribution in [0.15, 0.2) is 47.3 Å². The van der Waals surface area contributed by atoms with E-state index in [-0.39, 0.29) is 49.7 Å². The predicted octanol–water partition coefficient (Wildman–Crippen LogP) is 2.00. The Labute approximate surface area is 232 Å². The average molecular weight is 577 g/mol. The van der Waals surface area contributed by atoms with Gasteiger partial charge in [-0.3, -0.25) is 19.2 Å². The first-order valence-corrected chi connectivity index (χ1v) is 15.1. The van der Waals surface area contributed by atoms with Crippen LogP contribution in [0.1, 0.15) is 34.5 Å². The van der Waals surface area contributed by atoms with Gasteiger partial charge in [0.25, 0.3) is 5.91 Å². The van der Waals surface area contributed by atoms with Crippen molar-refractivity contribution in [1.29, 1.82) is 0 Å². The number of carbonyl (C=O) groups excluding carboxylic acids is 1. The lowest BCUT2D eigenvalue weighted by Crippen LogP contribution is -2.35. The molecule has 0 atom stereocenters. The topological polar surface area (TPSA) is 131 Å². The molecule has 4 rings (SSSR count). The Kier molecular flexibility index (Phi) is 10.1. The average Bonchev–Trinajstić information content (AvgIpc) is 2.93. The molecule has 0 radical (unpaired) electrons. The maximum atomic E-state index is 13.5. The molecule has 1 amide bonds. The molecule has 39 heavy (non-hydrogen) atoms. The second-order valence-corrected chi connectivity index (χ2v) is 12.3. The SMILES string of the molecule is O=C(NCc1ccc(Cl)cc1)c1nn(CCCS(=O)(=O)CCCO)c2ccc(CN3CCOCC3)cc2c1=O. The molecule has 1 fully saturated rings. The number of aliphatic hydroxyl groups excluding tert-OH is 1. The first-order chi connectivity index (χ1) is 18.8. The molecule has 3 aromatic rings. The lowest BCUT2D eigenvalue weighted by atomic mass is 10.1. The Bertz CT molecular complexity index is 1450. The Morgan fingerprint density at radius 2 is 1.74 bits per heavy atom. The largest absolute Gasteiger partial charge is 0.396 e. The van der Waals surface area contributed by atoms with Gasteiger partial charge in [0.2, 0.25) is 5.43 Å². The molecular formula is C27H33ClN4O6S. The third-order valence-electron chi connectivity index (χ3n) is 6.55. The quantitative estimate of drug-likeness (QED) is 0.335. The number of carbonyl (C=O) groups is 1. The summed E-state index contributed by atoms with van der Waals surface area (Å²) >= 11 is 5.93. The zero-order valence-corrected chi connectivity index (χ0v) is 23.2. The van der Waals surface area contributed by atoms with Gasteiger partial charge in [0, 0.05) is 44.4 Å². The summed E-state index contributed by atoms with van der Waals surface area (Å²) in [6, 6.07) is 12.5. The first-order valence-electron chi connectivity index (χ1n) is 12.9. The lowest BCUT2D eigenvalue weighted by Gasteiger charge is -2.26. The van der Waals surface area contributed by atoms with E-state index in [0.29, 0.717) is 35.7 Å². The molecule has 0 saturated carbocycles. The minimum Gasteiger partial charge on any atom is -0.396 e. The van der Waals surface area contributed by atoms with Crippen molar-refractivity contribution in [3.05, 3.63) is 74.5 Å². The summed E-state index contributed by atoms with van der Waals surface area (Å²) in [4.78, 5) is 28.8. The monoisotopic (exact) mass is 576 g/mol. The van der Waals surface area contributed by atoms with Crippen LogP contribution in [-0.2, 0) is 34.2 Å². The Morgan fingerprint density at radius 3 is 2.46 bits per heavy atom. The van der Waals surface area contributed by atoms with Crippen molar-refractivity contribution in [2.75, 3.05) is 44.4 Å². The molecule has 2 N–H and O–H groups in total. The van der Waals surface area contributed by atoms with E-state index < -0.39 is 21.2 Å². The summed E-state index contributed by atoms with van der Waals surface area (Å²) in [5, 5.41) is 17.0. The van der Waals surface area contributed by atoms with Crippen LogP contribution >= 0.6 is 11.6 Å². The molecule has 1 aromatic heterocycles. The lowest BCUT2D eigenvalue weighted by molar-refractivity contribution is 0.0342. The van der Waals surface area contributed by atoms with Crippen molar-refractivity contribution in [2.45, 2.75) is 32.5 Å². The number of ether oxygens (including phenoxy) is 1. The maximum Gasteiger partial charge on any atom is 0.276 e. The number of nitrogens with zero attached hydrogens (tertiary/aromatic N) is 3. The van der Waals surface area contributed by atoms with E-state index in [1.165, 1.54) is 4.68 Å². The van der Waals surface area contributed by atoms with Crippen LogP contribution in [0.3, 0.4) is 0 Å². The number of sulfone groups is 1. The molecule has 0 unspecified atom stereocenters. The van der Waals surface area contributed by atoms with E-state index >= 15 is 0 Å². The van der Waals surface area contributed by atoms with E-state index in [2.05, 4.69) is 15.3 Å². The number of aromatic nitrogens is 2. The van der Waals surface area contributed by atoms with Gasteiger partial charge in [0.15, 0.2) is 5.69 Å². The molecule has 1 aliphatic heterocycles. The van der Waals surface area contributed by atoms with Crippen LogP contribution in [0.4, 0.5) is 0 Å². The van der Waals surface area contributed by atoms with Crippen molar-refractivity contribution < 1.29 is 23.1 Å². The highest BCUT2D eigenvalue weighted by Crippen LogP contribution is 2.17. The number of benzene rings is 2. The maximum absolute atomic E-state index is 13.5. The highest BCUT2D eigenvalue weighted by Gasteiger charge is 2.19. The zero-order valence-electron chi connectivity index (χ0n) is 21.6. The number of hydrogen-bond donors (Lipinski definition) is 2. The normalized spacial score (nSPS) is 14.5. The molecule has 0 spiro atoms. The third kappa shape index (κ3) is 8.09. The Hall–Kier alpha value is -2.83. The van der Waals surface area contributed by atoms with Crippen molar-refractivity contribution in [3.8, 4) is 0 Å². The number of aliphatic hydroxyl groups is 1. The van der Waals surface area contributed by atoms with Crippen LogP contribution < -0.4 is 10.7 Å². The summed E-state index contributed by atoms with van der Waals surface area (Å²) < 4.78 is 31.5. The summed E-state index contributed by atoms with van der Waals surface area (Å²) in [5.41, 5.74) is 1.55. The van der Waals surface area contributed by atoms with Crippen molar-refractivity contribution >= 4 is 38.2 Å². The molecule has 0 aliphatic carbocycles. The Morgan fingerprint density at radius 1 is 1.05 bits per heavy atom. The highest BCUT2D eigenvalue weighted by molar-refractivity contribution is 7.91. The van der Waals surface area contributed by atoms with Gasteiger partial charge in [-0.15, -0.1) is 0 Å². The number of nitrogens with one attached hydrogen (secondary N) is 1. The fraction of sp³-hybridized carbons (Fsp3) is 0.444. The van der Waals surface area contributed by atoms with E-state index in [1.807, 2.05) is 6.07 Å². The Balaban J connectivity index is 1.61. The molecule has 12 heteroatoms. The molecule has 2 aromatic carbocycles. The summed E-state index contributed by atoms with van der Waals surface area (Å²) in [5.74, 6) is -0.791. The number of amides is 1. The first kappa shape index (κ1) is 29.2. The molecule has 210 valence electrons. The smallest absolute Gasteiger partial charge is 0.276 e. The van der Waals surface area contributed by atoms with Gasteiger partial charge in [-0.05, 0) is 48.2 Å². The van der Waals surface area contributed by atoms with Gasteiger partial charge in [-0.2, -0.15) is 5.10 Å². The predicted molar refractivity (Wildman–Crippen MR) is 150 cm³/mol. The molecule has 1 saturated heterocycles.